The van der Waals surface area contributed by atoms with E-state index in [1.54, 1.807) is 23.6 Å². The SMILES string of the molecule is O=C(CCNC(=O)c1ccsc1)NCCCCOc1ccc(F)cc1. The molecule has 0 spiro atoms. The van der Waals surface area contributed by atoms with Gasteiger partial charge in [-0.15, -0.1) is 0 Å². The highest BCUT2D eigenvalue weighted by atomic mass is 32.1. The van der Waals surface area contributed by atoms with Crippen molar-refractivity contribution in [1.82, 2.24) is 10.6 Å². The van der Waals surface area contributed by atoms with Gasteiger partial charge in [-0.05, 0) is 48.6 Å². The number of rotatable bonds is 10. The molecule has 2 rings (SSSR count). The second-order valence-electron chi connectivity index (χ2n) is 5.38. The third-order valence-electron chi connectivity index (χ3n) is 3.40. The minimum absolute atomic E-state index is 0.0925. The fraction of sp³-hybridized carbons (Fsp3) is 0.333. The van der Waals surface area contributed by atoms with Crippen LogP contribution in [-0.4, -0.2) is 31.5 Å². The van der Waals surface area contributed by atoms with E-state index in [2.05, 4.69) is 10.6 Å². The van der Waals surface area contributed by atoms with Gasteiger partial charge in [0.1, 0.15) is 11.6 Å². The van der Waals surface area contributed by atoms with Crippen LogP contribution < -0.4 is 15.4 Å². The summed E-state index contributed by atoms with van der Waals surface area (Å²) in [6.45, 7) is 1.39. The molecule has 2 aromatic rings. The summed E-state index contributed by atoms with van der Waals surface area (Å²) in [5.41, 5.74) is 0.617. The van der Waals surface area contributed by atoms with Gasteiger partial charge in [-0.3, -0.25) is 9.59 Å². The van der Waals surface area contributed by atoms with Crippen LogP contribution in [0.25, 0.3) is 0 Å². The Morgan fingerprint density at radius 3 is 2.56 bits per heavy atom. The lowest BCUT2D eigenvalue weighted by molar-refractivity contribution is -0.120. The van der Waals surface area contributed by atoms with Crippen LogP contribution in [-0.2, 0) is 4.79 Å². The highest BCUT2D eigenvalue weighted by Crippen LogP contribution is 2.11. The van der Waals surface area contributed by atoms with E-state index in [0.717, 1.165) is 12.8 Å². The molecule has 0 fully saturated rings. The first-order valence-electron chi connectivity index (χ1n) is 8.10. The quantitative estimate of drug-likeness (QED) is 0.637. The van der Waals surface area contributed by atoms with Gasteiger partial charge >= 0.3 is 0 Å². The van der Waals surface area contributed by atoms with E-state index in [4.69, 9.17) is 4.74 Å². The third-order valence-corrected chi connectivity index (χ3v) is 4.08. The highest BCUT2D eigenvalue weighted by Gasteiger charge is 2.06. The van der Waals surface area contributed by atoms with E-state index < -0.39 is 0 Å². The lowest BCUT2D eigenvalue weighted by atomic mass is 10.3. The van der Waals surface area contributed by atoms with Crippen molar-refractivity contribution < 1.29 is 18.7 Å². The Labute approximate surface area is 150 Å². The summed E-state index contributed by atoms with van der Waals surface area (Å²) in [7, 11) is 0. The molecule has 25 heavy (non-hydrogen) atoms. The molecule has 0 aliphatic rings. The first-order valence-corrected chi connectivity index (χ1v) is 9.05. The largest absolute Gasteiger partial charge is 0.494 e. The van der Waals surface area contributed by atoms with Crippen LogP contribution in [0.15, 0.2) is 41.1 Å². The van der Waals surface area contributed by atoms with Crippen molar-refractivity contribution in [3.8, 4) is 5.75 Å². The third kappa shape index (κ3) is 7.34. The van der Waals surface area contributed by atoms with Crippen molar-refractivity contribution in [2.24, 2.45) is 0 Å². The van der Waals surface area contributed by atoms with Crippen LogP contribution >= 0.6 is 11.3 Å². The monoisotopic (exact) mass is 364 g/mol. The van der Waals surface area contributed by atoms with E-state index in [0.29, 0.717) is 31.0 Å². The number of benzene rings is 1. The molecule has 0 aliphatic heterocycles. The van der Waals surface area contributed by atoms with E-state index in [1.165, 1.54) is 23.5 Å². The normalized spacial score (nSPS) is 10.3. The zero-order chi connectivity index (χ0) is 17.9. The van der Waals surface area contributed by atoms with Gasteiger partial charge in [0.15, 0.2) is 0 Å². The molecule has 1 heterocycles. The molecule has 1 aromatic carbocycles. The number of amides is 2. The second kappa shape index (κ2) is 10.5. The average Bonchev–Trinajstić information content (AvgIpc) is 3.14. The van der Waals surface area contributed by atoms with E-state index >= 15 is 0 Å². The molecule has 1 aromatic heterocycles. The molecular weight excluding hydrogens is 343 g/mol. The van der Waals surface area contributed by atoms with Gasteiger partial charge in [0.05, 0.1) is 6.61 Å². The molecule has 0 unspecified atom stereocenters. The lowest BCUT2D eigenvalue weighted by Gasteiger charge is -2.08. The van der Waals surface area contributed by atoms with Crippen LogP contribution in [0, 0.1) is 5.82 Å². The Kier molecular flexibility index (Phi) is 7.91. The second-order valence-corrected chi connectivity index (χ2v) is 6.16. The van der Waals surface area contributed by atoms with Crippen LogP contribution in [0.5, 0.6) is 5.75 Å². The van der Waals surface area contributed by atoms with Gasteiger partial charge < -0.3 is 15.4 Å². The standard InChI is InChI=1S/C18H21FN2O3S/c19-15-3-5-16(6-4-15)24-11-2-1-9-20-17(22)7-10-21-18(23)14-8-12-25-13-14/h3-6,8,12-13H,1-2,7,9-11H2,(H,20,22)(H,21,23). The molecular formula is C18H21FN2O3S. The molecule has 134 valence electrons. The number of hydrogen-bond acceptors (Lipinski definition) is 4. The number of ether oxygens (including phenoxy) is 1. The summed E-state index contributed by atoms with van der Waals surface area (Å²) >= 11 is 1.46. The van der Waals surface area contributed by atoms with Gasteiger partial charge in [0.2, 0.25) is 5.91 Å². The van der Waals surface area contributed by atoms with Crippen molar-refractivity contribution in [2.75, 3.05) is 19.7 Å². The van der Waals surface area contributed by atoms with Crippen LogP contribution in [0.2, 0.25) is 0 Å². The molecule has 2 N–H and O–H groups in total. The van der Waals surface area contributed by atoms with Crippen molar-refractivity contribution in [1.29, 1.82) is 0 Å². The van der Waals surface area contributed by atoms with Crippen molar-refractivity contribution in [2.45, 2.75) is 19.3 Å². The summed E-state index contributed by atoms with van der Waals surface area (Å²) in [4.78, 5) is 23.4. The average molecular weight is 364 g/mol. The molecule has 0 bridgehead atoms. The molecule has 0 saturated heterocycles. The van der Waals surface area contributed by atoms with Gasteiger partial charge in [-0.25, -0.2) is 4.39 Å². The molecule has 0 radical (unpaired) electrons. The minimum atomic E-state index is -0.290. The number of halogens is 1. The molecule has 5 nitrogen and oxygen atoms in total. The maximum atomic E-state index is 12.7. The van der Waals surface area contributed by atoms with Crippen LogP contribution in [0.3, 0.4) is 0 Å². The van der Waals surface area contributed by atoms with Gasteiger partial charge in [-0.1, -0.05) is 0 Å². The number of thiophene rings is 1. The molecule has 0 aliphatic carbocycles. The zero-order valence-electron chi connectivity index (χ0n) is 13.8. The maximum absolute atomic E-state index is 12.7. The predicted octanol–water partition coefficient (Wildman–Crippen LogP) is 2.98. The Morgan fingerprint density at radius 2 is 1.84 bits per heavy atom. The first-order chi connectivity index (χ1) is 12.1. The maximum Gasteiger partial charge on any atom is 0.252 e. The Morgan fingerprint density at radius 1 is 1.04 bits per heavy atom. The van der Waals surface area contributed by atoms with Gasteiger partial charge in [-0.2, -0.15) is 11.3 Å². The van der Waals surface area contributed by atoms with Crippen molar-refractivity contribution in [3.05, 3.63) is 52.5 Å². The fourth-order valence-electron chi connectivity index (χ4n) is 2.05. The van der Waals surface area contributed by atoms with E-state index in [9.17, 15) is 14.0 Å². The summed E-state index contributed by atoms with van der Waals surface area (Å²) in [6.07, 6.45) is 1.82. The van der Waals surface area contributed by atoms with Crippen molar-refractivity contribution in [3.63, 3.8) is 0 Å². The molecule has 0 saturated carbocycles. The summed E-state index contributed by atoms with van der Waals surface area (Å²) in [5, 5.41) is 9.11. The lowest BCUT2D eigenvalue weighted by Crippen LogP contribution is -2.31. The van der Waals surface area contributed by atoms with Crippen LogP contribution in [0.1, 0.15) is 29.6 Å². The zero-order valence-corrected chi connectivity index (χ0v) is 14.6. The molecule has 2 amide bonds. The minimum Gasteiger partial charge on any atom is -0.494 e. The summed E-state index contributed by atoms with van der Waals surface area (Å²) < 4.78 is 18.2. The fourth-order valence-corrected chi connectivity index (χ4v) is 2.69. The molecule has 0 atom stereocenters. The predicted molar refractivity (Wildman–Crippen MR) is 95.4 cm³/mol. The highest BCUT2D eigenvalue weighted by molar-refractivity contribution is 7.08. The molecule has 7 heteroatoms. The van der Waals surface area contributed by atoms with E-state index in [-0.39, 0.29) is 24.1 Å². The Hall–Kier alpha value is -2.41. The van der Waals surface area contributed by atoms with Gasteiger partial charge in [0.25, 0.3) is 5.91 Å². The number of unbranched alkanes of at least 4 members (excludes halogenated alkanes) is 1. The van der Waals surface area contributed by atoms with Crippen LogP contribution in [0.4, 0.5) is 4.39 Å². The van der Waals surface area contributed by atoms with E-state index in [1.807, 2.05) is 5.38 Å². The number of carbonyl (C=O) groups is 2. The topological polar surface area (TPSA) is 67.4 Å². The van der Waals surface area contributed by atoms with Gasteiger partial charge in [0, 0.05) is 30.5 Å². The number of nitrogens with one attached hydrogen (secondary N) is 2. The number of hydrogen-bond donors (Lipinski definition) is 2. The number of carbonyl (C=O) groups excluding carboxylic acids is 2. The first kappa shape index (κ1) is 18.9. The van der Waals surface area contributed by atoms with Crippen molar-refractivity contribution >= 4 is 23.2 Å². The Balaban J connectivity index is 1.46. The smallest absolute Gasteiger partial charge is 0.252 e. The summed E-state index contributed by atoms with van der Waals surface area (Å²) in [6, 6.07) is 7.62. The Bertz CT molecular complexity index is 659. The summed E-state index contributed by atoms with van der Waals surface area (Å²) in [5.74, 6) is 0.0884.